The predicted molar refractivity (Wildman–Crippen MR) is 242 cm³/mol. The van der Waals surface area contributed by atoms with Gasteiger partial charge in [-0.3, -0.25) is 14.9 Å². The van der Waals surface area contributed by atoms with Gasteiger partial charge in [0.25, 0.3) is 5.69 Å². The molecule has 4 atom stereocenters. The van der Waals surface area contributed by atoms with E-state index in [1.807, 2.05) is 0 Å². The second-order valence-electron chi connectivity index (χ2n) is 19.8. The summed E-state index contributed by atoms with van der Waals surface area (Å²) in [5, 5.41) is 25.0. The zero-order valence-electron chi connectivity index (χ0n) is 38.9. The molecule has 3 aromatic rings. The zero-order valence-corrected chi connectivity index (χ0v) is 41.7. The zero-order chi connectivity index (χ0) is 46.8. The maximum atomic E-state index is 15.0. The number of rotatable bonds is 13. The van der Waals surface area contributed by atoms with Crippen molar-refractivity contribution in [1.82, 2.24) is 0 Å². The highest BCUT2D eigenvalue weighted by Gasteiger charge is 2.65. The summed E-state index contributed by atoms with van der Waals surface area (Å²) in [5.41, 5.74) is -2.44. The quantitative estimate of drug-likeness (QED) is 0.0564. The molecule has 2 heterocycles. The van der Waals surface area contributed by atoms with Crippen LogP contribution in [0.25, 0.3) is 0 Å². The summed E-state index contributed by atoms with van der Waals surface area (Å²) in [5.74, 6) is -1.13. The first-order valence-corrected chi connectivity index (χ1v) is 26.8. The number of aliphatic hydroxyl groups is 1. The third-order valence-corrected chi connectivity index (χ3v) is 25.3. The molecule has 0 aromatic heterocycles. The Morgan fingerprint density at radius 1 is 0.921 bits per heavy atom. The molecular formula is C46H63NO13SSi2. The summed E-state index contributed by atoms with van der Waals surface area (Å²) >= 11 is 0. The van der Waals surface area contributed by atoms with E-state index in [0.717, 1.165) is 12.1 Å². The van der Waals surface area contributed by atoms with Crippen molar-refractivity contribution >= 4 is 38.5 Å². The third-order valence-electron chi connectivity index (χ3n) is 12.8. The van der Waals surface area contributed by atoms with Gasteiger partial charge in [0.15, 0.2) is 23.0 Å². The molecular weight excluding hydrogens is 863 g/mol. The summed E-state index contributed by atoms with van der Waals surface area (Å²) in [6.07, 6.45) is -0.438. The number of nitro groups is 1. The van der Waals surface area contributed by atoms with Gasteiger partial charge >= 0.3 is 18.7 Å². The van der Waals surface area contributed by atoms with Crippen LogP contribution < -0.4 is 8.92 Å². The van der Waals surface area contributed by atoms with Crippen molar-refractivity contribution in [2.45, 2.75) is 146 Å². The molecule has 0 spiro atoms. The average Bonchev–Trinajstić information content (AvgIpc) is 3.18. The Balaban J connectivity index is 1.66. The van der Waals surface area contributed by atoms with E-state index in [1.165, 1.54) is 31.4 Å². The largest absolute Gasteiger partial charge is 0.486 e. The number of carbonyl (C=O) groups is 1. The smallest absolute Gasteiger partial charge is 0.349 e. The van der Waals surface area contributed by atoms with Gasteiger partial charge in [0.2, 0.25) is 14.1 Å². The van der Waals surface area contributed by atoms with Gasteiger partial charge in [0, 0.05) is 34.4 Å². The molecule has 17 heteroatoms. The highest BCUT2D eigenvalue weighted by Crippen LogP contribution is 2.58. The minimum absolute atomic E-state index is 0.0119. The number of hydrogen-bond donors (Lipinski definition) is 1. The number of hydrogen-bond acceptors (Lipinski definition) is 13. The Morgan fingerprint density at radius 2 is 1.52 bits per heavy atom. The highest BCUT2D eigenvalue weighted by atomic mass is 32.2. The molecule has 3 aliphatic rings. The van der Waals surface area contributed by atoms with Crippen molar-refractivity contribution < 1.29 is 54.9 Å². The second kappa shape index (κ2) is 17.1. The molecule has 14 nitrogen and oxygen atoms in total. The van der Waals surface area contributed by atoms with E-state index in [0.29, 0.717) is 5.56 Å². The van der Waals surface area contributed by atoms with Crippen LogP contribution in [-0.4, -0.2) is 79.9 Å². The fourth-order valence-electron chi connectivity index (χ4n) is 10.5. The topological polar surface area (TPSA) is 179 Å². The van der Waals surface area contributed by atoms with Crippen LogP contribution in [0.4, 0.5) is 5.69 Å². The number of benzene rings is 3. The van der Waals surface area contributed by atoms with Crippen LogP contribution in [0.2, 0.25) is 26.7 Å². The van der Waals surface area contributed by atoms with Crippen LogP contribution in [0, 0.1) is 17.0 Å². The van der Waals surface area contributed by atoms with Gasteiger partial charge in [0.05, 0.1) is 28.8 Å². The lowest BCUT2D eigenvalue weighted by Crippen LogP contribution is -2.69. The Kier molecular flexibility index (Phi) is 13.2. The molecule has 2 aliphatic heterocycles. The molecule has 0 amide bonds. The fourth-order valence-corrected chi connectivity index (χ4v) is 22.0. The summed E-state index contributed by atoms with van der Waals surface area (Å²) in [6.45, 7) is 27.5. The minimum atomic E-state index is -4.95. The van der Waals surface area contributed by atoms with Gasteiger partial charge in [-0.15, -0.1) is 0 Å². The number of para-hydroxylation sites is 1. The number of aryl methyl sites for hydroxylation is 1. The SMILES string of the molecule is COCOc1cccc2c1C(=O)c1c(OS(=O)(=O)c3ccccc3[N+](=O)[O-])cc(C)cc1[C@]2(O)C1=C[C@@H](O[Si](C(C)C)(C(C)C)C(C)C)[C@@H]2O[Si](C(C)(C)C)(C(C)(C)C)OC[C@H]2O1. The van der Waals surface area contributed by atoms with Crippen molar-refractivity contribution in [3.63, 3.8) is 0 Å². The van der Waals surface area contributed by atoms with Crippen molar-refractivity contribution in [2.24, 2.45) is 0 Å². The number of carbonyl (C=O) groups excluding carboxylic acids is 1. The van der Waals surface area contributed by atoms with Gasteiger partial charge in [-0.2, -0.15) is 8.42 Å². The van der Waals surface area contributed by atoms with E-state index in [-0.39, 0.29) is 73.9 Å². The number of fused-ring (bicyclic) bond motifs is 3. The maximum Gasteiger partial charge on any atom is 0.349 e. The van der Waals surface area contributed by atoms with Crippen LogP contribution in [0.15, 0.2) is 71.3 Å². The molecule has 1 fully saturated rings. The standard InChI is InChI=1S/C46H63NO13SSi2/c1-27(2)62(28(3)4,29(5)6)59-36-24-39(57-37-25-56-63(44(8,9)10,45(11,12)13)60-43(36)37)46(49)31-18-17-20-34(55-26-54-14)40(31)42(48)41-32(46)22-30(7)23-35(41)58-61(52,53)38-21-16-15-19-33(38)47(50)51/h15-24,27-29,36-37,43,49H,25-26H2,1-14H3/t36-,37-,43+,46+/m1/s1. The first kappa shape index (κ1) is 48.5. The monoisotopic (exact) mass is 925 g/mol. The summed E-state index contributed by atoms with van der Waals surface area (Å²) in [6, 6.07) is 12.4. The summed E-state index contributed by atoms with van der Waals surface area (Å²) in [4.78, 5) is 25.5. The molecule has 0 saturated carbocycles. The fraction of sp³-hybridized carbons (Fsp3) is 0.543. The number of ether oxygens (including phenoxy) is 3. The molecule has 1 N–H and O–H groups in total. The molecule has 1 aliphatic carbocycles. The van der Waals surface area contributed by atoms with E-state index in [2.05, 4.69) is 83.1 Å². The first-order chi connectivity index (χ1) is 29.2. The van der Waals surface area contributed by atoms with Gasteiger partial charge < -0.3 is 36.8 Å². The van der Waals surface area contributed by atoms with Crippen molar-refractivity contribution in [3.8, 4) is 11.5 Å². The lowest BCUT2D eigenvalue weighted by Gasteiger charge is -2.57. The van der Waals surface area contributed by atoms with Gasteiger partial charge in [-0.05, 0) is 53.4 Å². The number of nitrogens with zero attached hydrogens (tertiary/aromatic N) is 1. The highest BCUT2D eigenvalue weighted by molar-refractivity contribution is 7.87. The van der Waals surface area contributed by atoms with E-state index in [9.17, 15) is 23.6 Å². The van der Waals surface area contributed by atoms with Gasteiger partial charge in [-0.25, -0.2) is 0 Å². The Labute approximate surface area is 373 Å². The first-order valence-electron chi connectivity index (χ1n) is 21.4. The van der Waals surface area contributed by atoms with Gasteiger partial charge in [-0.1, -0.05) is 113 Å². The molecule has 344 valence electrons. The van der Waals surface area contributed by atoms with Crippen molar-refractivity contribution in [1.29, 1.82) is 0 Å². The number of methoxy groups -OCH3 is 1. The summed E-state index contributed by atoms with van der Waals surface area (Å²) in [7, 11) is -9.36. The molecule has 3 aromatic carbocycles. The van der Waals surface area contributed by atoms with E-state index < -0.39 is 77.9 Å². The van der Waals surface area contributed by atoms with Gasteiger partial charge in [0.1, 0.15) is 23.7 Å². The molecule has 63 heavy (non-hydrogen) atoms. The second-order valence-corrected chi connectivity index (χ2v) is 31.5. The number of ketones is 1. The van der Waals surface area contributed by atoms with E-state index in [1.54, 1.807) is 31.2 Å². The minimum Gasteiger partial charge on any atom is -0.486 e. The molecule has 6 rings (SSSR count). The Morgan fingerprint density at radius 3 is 2.10 bits per heavy atom. The molecule has 0 radical (unpaired) electrons. The lowest BCUT2D eigenvalue weighted by atomic mass is 9.71. The lowest BCUT2D eigenvalue weighted by molar-refractivity contribution is -0.387. The van der Waals surface area contributed by atoms with Crippen LogP contribution in [0.1, 0.15) is 116 Å². The molecule has 0 unspecified atom stereocenters. The van der Waals surface area contributed by atoms with Crippen LogP contribution in [-0.2, 0) is 38.5 Å². The maximum absolute atomic E-state index is 15.0. The Bertz CT molecular complexity index is 2370. The van der Waals surface area contributed by atoms with Crippen molar-refractivity contribution in [2.75, 3.05) is 20.5 Å². The average molecular weight is 926 g/mol. The normalized spacial score (nSPS) is 22.5. The Hall–Kier alpha value is -3.95. The van der Waals surface area contributed by atoms with Crippen LogP contribution in [0.3, 0.4) is 0 Å². The predicted octanol–water partition coefficient (Wildman–Crippen LogP) is 9.74. The van der Waals surface area contributed by atoms with Crippen LogP contribution >= 0.6 is 0 Å². The van der Waals surface area contributed by atoms with Crippen LogP contribution in [0.5, 0.6) is 11.5 Å². The molecule has 0 bridgehead atoms. The number of nitro benzene ring substituents is 1. The summed E-state index contributed by atoms with van der Waals surface area (Å²) < 4.78 is 73.8. The van der Waals surface area contributed by atoms with E-state index >= 15 is 4.79 Å². The van der Waals surface area contributed by atoms with E-state index in [4.69, 9.17) is 31.7 Å². The third kappa shape index (κ3) is 8.10. The van der Waals surface area contributed by atoms with Crippen molar-refractivity contribution in [3.05, 3.63) is 104 Å². The molecule has 1 saturated heterocycles.